The van der Waals surface area contributed by atoms with Gasteiger partial charge in [-0.3, -0.25) is 4.72 Å². The second-order valence-corrected chi connectivity index (χ2v) is 6.47. The van der Waals surface area contributed by atoms with Gasteiger partial charge in [-0.2, -0.15) is 13.2 Å². The molecule has 2 aromatic rings. The van der Waals surface area contributed by atoms with Gasteiger partial charge in [-0.25, -0.2) is 17.6 Å². The van der Waals surface area contributed by atoms with Crippen LogP contribution in [0, 0.1) is 5.82 Å². The van der Waals surface area contributed by atoms with Gasteiger partial charge in [0.2, 0.25) is 0 Å². The van der Waals surface area contributed by atoms with Crippen LogP contribution in [0.5, 0.6) is 0 Å². The highest BCUT2D eigenvalue weighted by Crippen LogP contribution is 2.31. The molecule has 10 heteroatoms. The number of esters is 1. The summed E-state index contributed by atoms with van der Waals surface area (Å²) in [6.07, 6.45) is -4.67. The van der Waals surface area contributed by atoms with Crippen LogP contribution < -0.4 is 4.72 Å². The molecule has 1 N–H and O–H groups in total. The molecule has 0 aliphatic carbocycles. The highest BCUT2D eigenvalue weighted by atomic mass is 32.2. The Kier molecular flexibility index (Phi) is 5.02. The number of hydrogen-bond donors (Lipinski definition) is 1. The third-order valence-electron chi connectivity index (χ3n) is 3.08. The highest BCUT2D eigenvalue weighted by molar-refractivity contribution is 7.92. The van der Waals surface area contributed by atoms with E-state index in [2.05, 4.69) is 4.74 Å². The summed E-state index contributed by atoms with van der Waals surface area (Å²) in [6, 6.07) is 5.77. The molecule has 0 heterocycles. The van der Waals surface area contributed by atoms with Crippen molar-refractivity contribution < 1.29 is 35.5 Å². The van der Waals surface area contributed by atoms with E-state index in [0.29, 0.717) is 12.1 Å². The van der Waals surface area contributed by atoms with E-state index in [-0.39, 0.29) is 0 Å². The van der Waals surface area contributed by atoms with E-state index in [0.717, 1.165) is 37.4 Å². The molecule has 0 spiro atoms. The summed E-state index contributed by atoms with van der Waals surface area (Å²) in [6.45, 7) is 0. The molecule has 134 valence electrons. The standard InChI is InChI=1S/C15H11F4NO4S/c1-24-14(21)12-6-5-10(16)8-13(12)25(22,23)20-11-4-2-3-9(7-11)15(17,18)19/h2-8,20H,1H3. The molecule has 2 rings (SSSR count). The summed E-state index contributed by atoms with van der Waals surface area (Å²) >= 11 is 0. The fourth-order valence-corrected chi connectivity index (χ4v) is 3.22. The molecule has 0 amide bonds. The molecule has 0 radical (unpaired) electrons. The Labute approximate surface area is 140 Å². The maximum Gasteiger partial charge on any atom is 0.416 e. The van der Waals surface area contributed by atoms with Crippen molar-refractivity contribution in [3.05, 3.63) is 59.4 Å². The van der Waals surface area contributed by atoms with Gasteiger partial charge in [0.15, 0.2) is 0 Å². The zero-order valence-electron chi connectivity index (χ0n) is 12.6. The van der Waals surface area contributed by atoms with Crippen LogP contribution in [0.15, 0.2) is 47.4 Å². The quantitative estimate of drug-likeness (QED) is 0.655. The van der Waals surface area contributed by atoms with Crippen molar-refractivity contribution in [2.24, 2.45) is 0 Å². The second-order valence-electron chi connectivity index (χ2n) is 4.82. The van der Waals surface area contributed by atoms with Crippen molar-refractivity contribution in [1.29, 1.82) is 0 Å². The topological polar surface area (TPSA) is 72.5 Å². The van der Waals surface area contributed by atoms with Gasteiger partial charge in [-0.15, -0.1) is 0 Å². The Morgan fingerprint density at radius 2 is 1.80 bits per heavy atom. The number of halogens is 4. The Bertz CT molecular complexity index is 910. The Morgan fingerprint density at radius 3 is 2.40 bits per heavy atom. The lowest BCUT2D eigenvalue weighted by atomic mass is 10.2. The van der Waals surface area contributed by atoms with Crippen molar-refractivity contribution in [3.63, 3.8) is 0 Å². The number of hydrogen-bond acceptors (Lipinski definition) is 4. The van der Waals surface area contributed by atoms with E-state index in [9.17, 15) is 30.8 Å². The predicted molar refractivity (Wildman–Crippen MR) is 80.0 cm³/mol. The van der Waals surface area contributed by atoms with Crippen LogP contribution in [0.3, 0.4) is 0 Å². The Hall–Kier alpha value is -2.62. The number of benzene rings is 2. The number of nitrogens with one attached hydrogen (secondary N) is 1. The van der Waals surface area contributed by atoms with E-state index in [1.807, 2.05) is 4.72 Å². The van der Waals surface area contributed by atoms with Gasteiger partial charge in [0.1, 0.15) is 10.7 Å². The number of sulfonamides is 1. The number of anilines is 1. The van der Waals surface area contributed by atoms with Crippen molar-refractivity contribution in [2.75, 3.05) is 11.8 Å². The molecule has 0 atom stereocenters. The summed E-state index contributed by atoms with van der Waals surface area (Å²) < 4.78 is 82.6. The van der Waals surface area contributed by atoms with Crippen LogP contribution in [0.4, 0.5) is 23.2 Å². The van der Waals surface area contributed by atoms with Gasteiger partial charge in [0.25, 0.3) is 10.0 Å². The van der Waals surface area contributed by atoms with Crippen LogP contribution >= 0.6 is 0 Å². The lowest BCUT2D eigenvalue weighted by Gasteiger charge is -2.13. The SMILES string of the molecule is COC(=O)c1ccc(F)cc1S(=O)(=O)Nc1cccc(C(F)(F)F)c1. The number of ether oxygens (including phenoxy) is 1. The maximum atomic E-state index is 13.4. The Morgan fingerprint density at radius 1 is 1.12 bits per heavy atom. The van der Waals surface area contributed by atoms with E-state index in [1.165, 1.54) is 0 Å². The molecule has 0 unspecified atom stereocenters. The summed E-state index contributed by atoms with van der Waals surface area (Å²) in [5.41, 5.74) is -1.92. The summed E-state index contributed by atoms with van der Waals surface area (Å²) in [4.78, 5) is 10.9. The van der Waals surface area contributed by atoms with Crippen molar-refractivity contribution >= 4 is 21.7 Å². The normalized spacial score (nSPS) is 11.9. The van der Waals surface area contributed by atoms with Gasteiger partial charge in [0.05, 0.1) is 18.2 Å². The van der Waals surface area contributed by atoms with Crippen LogP contribution in [0.25, 0.3) is 0 Å². The Balaban J connectivity index is 2.47. The predicted octanol–water partition coefficient (Wildman–Crippen LogP) is 3.43. The van der Waals surface area contributed by atoms with E-state index >= 15 is 0 Å². The summed E-state index contributed by atoms with van der Waals surface area (Å²) in [5.74, 6) is -1.98. The first-order chi connectivity index (χ1) is 11.5. The van der Waals surface area contributed by atoms with Gasteiger partial charge < -0.3 is 4.74 Å². The molecule has 2 aromatic carbocycles. The van der Waals surface area contributed by atoms with E-state index in [1.54, 1.807) is 0 Å². The molecule has 0 saturated carbocycles. The average Bonchev–Trinajstić information content (AvgIpc) is 2.53. The fourth-order valence-electron chi connectivity index (χ4n) is 1.97. The number of alkyl halides is 3. The average molecular weight is 377 g/mol. The third-order valence-corrected chi connectivity index (χ3v) is 4.50. The first-order valence-corrected chi connectivity index (χ1v) is 8.11. The number of carbonyl (C=O) groups excluding carboxylic acids is 1. The third kappa shape index (κ3) is 4.27. The molecule has 0 bridgehead atoms. The van der Waals surface area contributed by atoms with Gasteiger partial charge in [0, 0.05) is 5.69 Å². The molecular weight excluding hydrogens is 366 g/mol. The van der Waals surface area contributed by atoms with Gasteiger partial charge >= 0.3 is 12.1 Å². The van der Waals surface area contributed by atoms with Crippen molar-refractivity contribution in [2.45, 2.75) is 11.1 Å². The van der Waals surface area contributed by atoms with Crippen LogP contribution in [-0.2, 0) is 20.9 Å². The van der Waals surface area contributed by atoms with E-state index in [4.69, 9.17) is 0 Å². The molecule has 5 nitrogen and oxygen atoms in total. The monoisotopic (exact) mass is 377 g/mol. The molecular formula is C15H11F4NO4S. The van der Waals surface area contributed by atoms with Crippen LogP contribution in [0.1, 0.15) is 15.9 Å². The molecule has 0 aliphatic heterocycles. The van der Waals surface area contributed by atoms with Crippen LogP contribution in [0.2, 0.25) is 0 Å². The van der Waals surface area contributed by atoms with Gasteiger partial charge in [-0.05, 0) is 36.4 Å². The minimum absolute atomic E-state index is 0.394. The number of carbonyl (C=O) groups is 1. The van der Waals surface area contributed by atoms with Crippen LogP contribution in [-0.4, -0.2) is 21.5 Å². The van der Waals surface area contributed by atoms with Crippen molar-refractivity contribution in [3.8, 4) is 0 Å². The second kappa shape index (κ2) is 6.71. The number of methoxy groups -OCH3 is 1. The first-order valence-electron chi connectivity index (χ1n) is 6.62. The zero-order chi connectivity index (χ0) is 18.8. The van der Waals surface area contributed by atoms with Crippen molar-refractivity contribution in [1.82, 2.24) is 0 Å². The number of rotatable bonds is 4. The summed E-state index contributed by atoms with van der Waals surface area (Å²) in [5, 5.41) is 0. The minimum Gasteiger partial charge on any atom is -0.465 e. The molecule has 0 aromatic heterocycles. The lowest BCUT2D eigenvalue weighted by molar-refractivity contribution is -0.137. The molecule has 25 heavy (non-hydrogen) atoms. The smallest absolute Gasteiger partial charge is 0.416 e. The first kappa shape index (κ1) is 18.7. The van der Waals surface area contributed by atoms with E-state index < -0.39 is 49.7 Å². The van der Waals surface area contributed by atoms with Gasteiger partial charge in [-0.1, -0.05) is 6.07 Å². The lowest BCUT2D eigenvalue weighted by Crippen LogP contribution is -2.18. The molecule has 0 aliphatic rings. The fraction of sp³-hybridized carbons (Fsp3) is 0.133. The molecule has 0 saturated heterocycles. The molecule has 0 fully saturated rings. The summed E-state index contributed by atoms with van der Waals surface area (Å²) in [7, 11) is -3.54. The highest BCUT2D eigenvalue weighted by Gasteiger charge is 2.31. The minimum atomic E-state index is -4.67. The zero-order valence-corrected chi connectivity index (χ0v) is 13.4. The maximum absolute atomic E-state index is 13.4. The largest absolute Gasteiger partial charge is 0.465 e.